The summed E-state index contributed by atoms with van der Waals surface area (Å²) in [5, 5.41) is 15.0. The van der Waals surface area contributed by atoms with Crippen LogP contribution in [0.2, 0.25) is 0 Å². The van der Waals surface area contributed by atoms with Crippen molar-refractivity contribution in [2.75, 3.05) is 23.9 Å². The summed E-state index contributed by atoms with van der Waals surface area (Å²) in [6.07, 6.45) is 2.35. The zero-order valence-corrected chi connectivity index (χ0v) is 12.1. The number of fused-ring (bicyclic) bond motifs is 1. The lowest BCUT2D eigenvalue weighted by Gasteiger charge is -2.17. The first kappa shape index (κ1) is 14.7. The third-order valence-corrected chi connectivity index (χ3v) is 4.02. The number of rotatable bonds is 6. The van der Waals surface area contributed by atoms with E-state index >= 15 is 0 Å². The molecule has 20 heavy (non-hydrogen) atoms. The number of carboxylic acids is 1. The van der Waals surface area contributed by atoms with Crippen LogP contribution in [0.25, 0.3) is 0 Å². The van der Waals surface area contributed by atoms with E-state index in [4.69, 9.17) is 5.11 Å². The van der Waals surface area contributed by atoms with Crippen molar-refractivity contribution in [1.29, 1.82) is 0 Å². The van der Waals surface area contributed by atoms with E-state index < -0.39 is 12.0 Å². The summed E-state index contributed by atoms with van der Waals surface area (Å²) >= 11 is 1.57. The van der Waals surface area contributed by atoms with Gasteiger partial charge in [-0.3, -0.25) is 4.79 Å². The van der Waals surface area contributed by atoms with Crippen molar-refractivity contribution < 1.29 is 14.7 Å². The van der Waals surface area contributed by atoms with E-state index in [1.807, 2.05) is 30.5 Å². The van der Waals surface area contributed by atoms with Crippen LogP contribution in [-0.4, -0.2) is 41.6 Å². The van der Waals surface area contributed by atoms with Crippen molar-refractivity contribution in [3.05, 3.63) is 29.8 Å². The predicted molar refractivity (Wildman–Crippen MR) is 80.2 cm³/mol. The predicted octanol–water partition coefficient (Wildman–Crippen LogP) is 1.52. The highest BCUT2D eigenvalue weighted by atomic mass is 32.2. The van der Waals surface area contributed by atoms with Gasteiger partial charge < -0.3 is 15.7 Å². The zero-order valence-electron chi connectivity index (χ0n) is 11.3. The second kappa shape index (κ2) is 6.65. The molecular formula is C14H18N2O3S. The van der Waals surface area contributed by atoms with Gasteiger partial charge >= 0.3 is 5.97 Å². The van der Waals surface area contributed by atoms with Gasteiger partial charge in [0.2, 0.25) is 5.91 Å². The largest absolute Gasteiger partial charge is 0.480 e. The molecule has 2 atom stereocenters. The van der Waals surface area contributed by atoms with Crippen LogP contribution in [-0.2, 0) is 9.59 Å². The Balaban J connectivity index is 2.03. The van der Waals surface area contributed by atoms with E-state index in [1.165, 1.54) is 0 Å². The lowest BCUT2D eigenvalue weighted by atomic mass is 10.00. The van der Waals surface area contributed by atoms with Crippen molar-refractivity contribution >= 4 is 29.3 Å². The highest BCUT2D eigenvalue weighted by Crippen LogP contribution is 2.31. The summed E-state index contributed by atoms with van der Waals surface area (Å²) in [6.45, 7) is 0.514. The van der Waals surface area contributed by atoms with Crippen LogP contribution in [0, 0.1) is 0 Å². The minimum absolute atomic E-state index is 0.226. The fourth-order valence-corrected chi connectivity index (χ4v) is 2.75. The molecule has 1 aliphatic rings. The molecule has 1 heterocycles. The number of benzene rings is 1. The Labute approximate surface area is 122 Å². The molecule has 0 fully saturated rings. The van der Waals surface area contributed by atoms with Gasteiger partial charge in [-0.05, 0) is 30.1 Å². The van der Waals surface area contributed by atoms with Crippen molar-refractivity contribution in [3.63, 3.8) is 0 Å². The molecule has 0 bridgehead atoms. The molecule has 108 valence electrons. The van der Waals surface area contributed by atoms with Crippen LogP contribution in [0.1, 0.15) is 17.9 Å². The number of carboxylic acid groups (broad SMARTS) is 1. The van der Waals surface area contributed by atoms with E-state index in [1.54, 1.807) is 11.8 Å². The third kappa shape index (κ3) is 3.25. The standard InChI is InChI=1S/C14H18N2O3S/c1-20-7-6-12(14(18)19)16-13(17)10-8-15-11-5-3-2-4-9(10)11/h2-5,10,12,15H,6-8H2,1H3,(H,16,17)(H,18,19)/t10?,12-/m0/s1. The molecule has 0 spiro atoms. The molecule has 3 N–H and O–H groups in total. The van der Waals surface area contributed by atoms with Crippen LogP contribution in [0.15, 0.2) is 24.3 Å². The van der Waals surface area contributed by atoms with Crippen LogP contribution in [0.5, 0.6) is 0 Å². The Hall–Kier alpha value is -1.69. The monoisotopic (exact) mass is 294 g/mol. The molecule has 0 saturated carbocycles. The molecule has 6 heteroatoms. The van der Waals surface area contributed by atoms with Gasteiger partial charge in [-0.15, -0.1) is 0 Å². The van der Waals surface area contributed by atoms with Gasteiger partial charge in [-0.2, -0.15) is 11.8 Å². The average Bonchev–Trinajstić information content (AvgIpc) is 2.87. The first-order valence-electron chi connectivity index (χ1n) is 6.48. The fraction of sp³-hybridized carbons (Fsp3) is 0.429. The Kier molecular flexibility index (Phi) is 4.89. The molecule has 1 aromatic rings. The van der Waals surface area contributed by atoms with Crippen LogP contribution in [0.4, 0.5) is 5.69 Å². The quantitative estimate of drug-likeness (QED) is 0.741. The van der Waals surface area contributed by atoms with Gasteiger partial charge in [0.25, 0.3) is 0 Å². The van der Waals surface area contributed by atoms with E-state index in [-0.39, 0.29) is 11.8 Å². The number of aliphatic carboxylic acids is 1. The molecule has 0 aromatic heterocycles. The average molecular weight is 294 g/mol. The number of nitrogens with one attached hydrogen (secondary N) is 2. The Morgan fingerprint density at radius 3 is 2.95 bits per heavy atom. The molecule has 0 radical (unpaired) electrons. The van der Waals surface area contributed by atoms with Crippen LogP contribution in [0.3, 0.4) is 0 Å². The zero-order chi connectivity index (χ0) is 14.5. The highest BCUT2D eigenvalue weighted by Gasteiger charge is 2.30. The normalized spacial score (nSPS) is 17.9. The number of thioether (sulfide) groups is 1. The molecule has 0 aliphatic carbocycles. The molecule has 1 aliphatic heterocycles. The minimum atomic E-state index is -0.980. The van der Waals surface area contributed by atoms with Crippen LogP contribution < -0.4 is 10.6 Å². The van der Waals surface area contributed by atoms with E-state index in [0.29, 0.717) is 18.7 Å². The number of carbonyl (C=O) groups is 2. The van der Waals surface area contributed by atoms with Crippen LogP contribution >= 0.6 is 11.8 Å². The highest BCUT2D eigenvalue weighted by molar-refractivity contribution is 7.98. The van der Waals surface area contributed by atoms with E-state index in [2.05, 4.69) is 10.6 Å². The lowest BCUT2D eigenvalue weighted by molar-refractivity contribution is -0.142. The maximum absolute atomic E-state index is 12.3. The third-order valence-electron chi connectivity index (χ3n) is 3.37. The smallest absolute Gasteiger partial charge is 0.326 e. The van der Waals surface area contributed by atoms with Gasteiger partial charge in [0.1, 0.15) is 6.04 Å². The SMILES string of the molecule is CSCC[C@H](NC(=O)C1CNc2ccccc21)C(=O)O. The maximum Gasteiger partial charge on any atom is 0.326 e. The van der Waals surface area contributed by atoms with Gasteiger partial charge in [0.15, 0.2) is 0 Å². The Bertz CT molecular complexity index is 507. The molecule has 1 aromatic carbocycles. The van der Waals surface area contributed by atoms with Gasteiger partial charge in [0, 0.05) is 12.2 Å². The summed E-state index contributed by atoms with van der Waals surface area (Å²) < 4.78 is 0. The first-order valence-corrected chi connectivity index (χ1v) is 7.87. The topological polar surface area (TPSA) is 78.4 Å². The second-order valence-corrected chi connectivity index (χ2v) is 5.69. The van der Waals surface area contributed by atoms with Crippen molar-refractivity contribution in [1.82, 2.24) is 5.32 Å². The van der Waals surface area contributed by atoms with Crippen molar-refractivity contribution in [3.8, 4) is 0 Å². The first-order chi connectivity index (χ1) is 9.63. The number of hydrogen-bond donors (Lipinski definition) is 3. The number of para-hydroxylation sites is 1. The summed E-state index contributed by atoms with van der Waals surface area (Å²) in [5.74, 6) is -0.818. The van der Waals surface area contributed by atoms with E-state index in [0.717, 1.165) is 11.3 Å². The van der Waals surface area contributed by atoms with E-state index in [9.17, 15) is 9.59 Å². The lowest BCUT2D eigenvalue weighted by Crippen LogP contribution is -2.43. The second-order valence-electron chi connectivity index (χ2n) is 4.70. The summed E-state index contributed by atoms with van der Waals surface area (Å²) in [6, 6.07) is 6.80. The maximum atomic E-state index is 12.3. The van der Waals surface area contributed by atoms with Crippen molar-refractivity contribution in [2.24, 2.45) is 0 Å². The fourth-order valence-electron chi connectivity index (χ4n) is 2.28. The Morgan fingerprint density at radius 1 is 1.50 bits per heavy atom. The minimum Gasteiger partial charge on any atom is -0.480 e. The molecular weight excluding hydrogens is 276 g/mol. The molecule has 2 rings (SSSR count). The van der Waals surface area contributed by atoms with Crippen molar-refractivity contribution in [2.45, 2.75) is 18.4 Å². The number of anilines is 1. The number of carbonyl (C=O) groups excluding carboxylic acids is 1. The molecule has 1 unspecified atom stereocenters. The van der Waals surface area contributed by atoms with Gasteiger partial charge in [-0.25, -0.2) is 4.79 Å². The molecule has 1 amide bonds. The number of hydrogen-bond acceptors (Lipinski definition) is 4. The molecule has 0 saturated heterocycles. The van der Waals surface area contributed by atoms with Gasteiger partial charge in [0.05, 0.1) is 5.92 Å². The molecule has 5 nitrogen and oxygen atoms in total. The summed E-state index contributed by atoms with van der Waals surface area (Å²) in [7, 11) is 0. The summed E-state index contributed by atoms with van der Waals surface area (Å²) in [4.78, 5) is 23.4. The Morgan fingerprint density at radius 2 is 2.25 bits per heavy atom. The van der Waals surface area contributed by atoms with Gasteiger partial charge in [-0.1, -0.05) is 18.2 Å². The summed E-state index contributed by atoms with van der Waals surface area (Å²) in [5.41, 5.74) is 1.88. The number of amides is 1.